The van der Waals surface area contributed by atoms with Gasteiger partial charge < -0.3 is 14.9 Å². The monoisotopic (exact) mass is 348 g/mol. The Morgan fingerprint density at radius 1 is 1.40 bits per heavy atom. The van der Waals surface area contributed by atoms with E-state index in [-0.39, 0.29) is 12.5 Å². The number of carboxylic acid groups (broad SMARTS) is 1. The van der Waals surface area contributed by atoms with Crippen LogP contribution in [0.1, 0.15) is 55.1 Å². The molecule has 0 unspecified atom stereocenters. The Morgan fingerprint density at radius 3 is 2.88 bits per heavy atom. The molecule has 2 aliphatic heterocycles. The van der Waals surface area contributed by atoms with Gasteiger partial charge in [-0.3, -0.25) is 14.7 Å². The number of aliphatic carboxylic acids is 1. The molecule has 2 aliphatic rings. The molecule has 1 aromatic heterocycles. The van der Waals surface area contributed by atoms with Gasteiger partial charge in [0, 0.05) is 44.7 Å². The summed E-state index contributed by atoms with van der Waals surface area (Å²) in [5, 5.41) is 19.8. The van der Waals surface area contributed by atoms with Crippen molar-refractivity contribution in [1.29, 1.82) is 0 Å². The van der Waals surface area contributed by atoms with Gasteiger partial charge in [-0.1, -0.05) is 0 Å². The van der Waals surface area contributed by atoms with E-state index < -0.39 is 11.6 Å². The number of carbonyl (C=O) groups is 1. The molecule has 3 heterocycles. The molecule has 0 aromatic carbocycles. The molecular formula is C19H28N2O4. The lowest BCUT2D eigenvalue weighted by Gasteiger charge is -2.37. The van der Waals surface area contributed by atoms with Gasteiger partial charge in [0.25, 0.3) is 0 Å². The second-order valence-corrected chi connectivity index (χ2v) is 7.40. The summed E-state index contributed by atoms with van der Waals surface area (Å²) < 4.78 is 5.38. The summed E-state index contributed by atoms with van der Waals surface area (Å²) >= 11 is 0. The van der Waals surface area contributed by atoms with Gasteiger partial charge in [0.1, 0.15) is 0 Å². The van der Waals surface area contributed by atoms with Crippen LogP contribution in [0.15, 0.2) is 12.1 Å². The number of pyridine rings is 1. The van der Waals surface area contributed by atoms with Gasteiger partial charge in [-0.15, -0.1) is 0 Å². The highest BCUT2D eigenvalue weighted by molar-refractivity contribution is 5.67. The zero-order valence-corrected chi connectivity index (χ0v) is 14.9. The Labute approximate surface area is 148 Å². The molecule has 1 atom stereocenters. The molecule has 0 aliphatic carbocycles. The molecule has 2 saturated heterocycles. The van der Waals surface area contributed by atoms with E-state index in [1.165, 1.54) is 0 Å². The van der Waals surface area contributed by atoms with Crippen molar-refractivity contribution in [3.63, 3.8) is 0 Å². The summed E-state index contributed by atoms with van der Waals surface area (Å²) in [5.74, 6) is -0.778. The molecule has 0 bridgehead atoms. The minimum Gasteiger partial charge on any atom is -0.481 e. The summed E-state index contributed by atoms with van der Waals surface area (Å²) in [6.45, 7) is 4.82. The zero-order valence-electron chi connectivity index (χ0n) is 14.9. The third kappa shape index (κ3) is 4.77. The van der Waals surface area contributed by atoms with E-state index in [1.54, 1.807) is 0 Å². The third-order valence-corrected chi connectivity index (χ3v) is 5.29. The number of ether oxygens (including phenoxy) is 1. The number of rotatable bonds is 6. The van der Waals surface area contributed by atoms with Crippen molar-refractivity contribution in [2.24, 2.45) is 0 Å². The first-order valence-corrected chi connectivity index (χ1v) is 9.19. The molecule has 6 nitrogen and oxygen atoms in total. The van der Waals surface area contributed by atoms with E-state index in [0.29, 0.717) is 39.0 Å². The number of hydrogen-bond donors (Lipinski definition) is 2. The van der Waals surface area contributed by atoms with Crippen molar-refractivity contribution in [2.45, 2.75) is 57.1 Å². The van der Waals surface area contributed by atoms with Crippen LogP contribution in [0.3, 0.4) is 0 Å². The molecular weight excluding hydrogens is 320 g/mol. The van der Waals surface area contributed by atoms with Gasteiger partial charge in [-0.05, 0) is 50.4 Å². The number of β-amino-alcohol motifs (C(OH)–C–C–N with tert-alkyl or cyclic N) is 1. The third-order valence-electron chi connectivity index (χ3n) is 5.29. The van der Waals surface area contributed by atoms with Crippen LogP contribution < -0.4 is 0 Å². The molecule has 0 amide bonds. The standard InChI is InChI=1S/C19H28N2O4/c1-14-11-15(4-5-18(22)23)12-16(20-14)17-3-2-8-21(17)13-19(24)6-9-25-10-7-19/h11-12,17,24H,2-10,13H2,1H3,(H,22,23)/t17-/m0/s1. The topological polar surface area (TPSA) is 82.9 Å². The summed E-state index contributed by atoms with van der Waals surface area (Å²) in [6.07, 6.45) is 4.15. The Kier molecular flexibility index (Phi) is 5.71. The molecule has 2 N–H and O–H groups in total. The second kappa shape index (κ2) is 7.81. The fraction of sp³-hybridized carbons (Fsp3) is 0.684. The number of aromatic nitrogens is 1. The maximum absolute atomic E-state index is 10.8. The normalized spacial score (nSPS) is 23.7. The minimum absolute atomic E-state index is 0.136. The Balaban J connectivity index is 1.74. The predicted octanol–water partition coefficient (Wildman–Crippen LogP) is 2.09. The molecule has 25 heavy (non-hydrogen) atoms. The van der Waals surface area contributed by atoms with Gasteiger partial charge in [-0.2, -0.15) is 0 Å². The molecule has 0 radical (unpaired) electrons. The Morgan fingerprint density at radius 2 is 2.16 bits per heavy atom. The average Bonchev–Trinajstić information content (AvgIpc) is 3.00. The highest BCUT2D eigenvalue weighted by Gasteiger charge is 2.37. The summed E-state index contributed by atoms with van der Waals surface area (Å²) in [7, 11) is 0. The maximum Gasteiger partial charge on any atom is 0.303 e. The van der Waals surface area contributed by atoms with E-state index in [4.69, 9.17) is 14.8 Å². The zero-order chi connectivity index (χ0) is 17.9. The van der Waals surface area contributed by atoms with Crippen LogP contribution in [0.4, 0.5) is 0 Å². The maximum atomic E-state index is 10.8. The first-order valence-electron chi connectivity index (χ1n) is 9.19. The number of aliphatic hydroxyl groups is 1. The van der Waals surface area contributed by atoms with Crippen LogP contribution in [0.2, 0.25) is 0 Å². The molecule has 3 rings (SSSR count). The highest BCUT2D eigenvalue weighted by Crippen LogP contribution is 2.34. The predicted molar refractivity (Wildman–Crippen MR) is 93.5 cm³/mol. The largest absolute Gasteiger partial charge is 0.481 e. The van der Waals surface area contributed by atoms with Gasteiger partial charge in [0.2, 0.25) is 0 Å². The number of hydrogen-bond acceptors (Lipinski definition) is 5. The first-order chi connectivity index (χ1) is 12.0. The van der Waals surface area contributed by atoms with E-state index >= 15 is 0 Å². The van der Waals surface area contributed by atoms with Gasteiger partial charge >= 0.3 is 5.97 Å². The van der Waals surface area contributed by atoms with E-state index in [0.717, 1.165) is 36.3 Å². The summed E-state index contributed by atoms with van der Waals surface area (Å²) in [6, 6.07) is 4.22. The Hall–Kier alpha value is -1.50. The molecule has 0 saturated carbocycles. The first kappa shape index (κ1) is 18.3. The van der Waals surface area contributed by atoms with Gasteiger partial charge in [0.15, 0.2) is 0 Å². The number of nitrogens with zero attached hydrogens (tertiary/aromatic N) is 2. The lowest BCUT2D eigenvalue weighted by atomic mass is 9.93. The minimum atomic E-state index is -0.778. The van der Waals surface area contributed by atoms with Crippen LogP contribution in [0.25, 0.3) is 0 Å². The quantitative estimate of drug-likeness (QED) is 0.819. The fourth-order valence-electron chi connectivity index (χ4n) is 3.97. The molecule has 1 aromatic rings. The van der Waals surface area contributed by atoms with Crippen LogP contribution in [0.5, 0.6) is 0 Å². The lowest BCUT2D eigenvalue weighted by molar-refractivity contribution is -0.136. The van der Waals surface area contributed by atoms with Crippen molar-refractivity contribution in [3.05, 3.63) is 29.1 Å². The number of carboxylic acids is 1. The van der Waals surface area contributed by atoms with Crippen molar-refractivity contribution in [3.8, 4) is 0 Å². The van der Waals surface area contributed by atoms with E-state index in [2.05, 4.69) is 4.90 Å². The van der Waals surface area contributed by atoms with Crippen molar-refractivity contribution >= 4 is 5.97 Å². The molecule has 0 spiro atoms. The number of likely N-dealkylation sites (tertiary alicyclic amines) is 1. The summed E-state index contributed by atoms with van der Waals surface area (Å²) in [4.78, 5) is 17.9. The Bertz CT molecular complexity index is 613. The summed E-state index contributed by atoms with van der Waals surface area (Å²) in [5.41, 5.74) is 2.29. The van der Waals surface area contributed by atoms with Gasteiger partial charge in [-0.25, -0.2) is 0 Å². The fourth-order valence-corrected chi connectivity index (χ4v) is 3.97. The van der Waals surface area contributed by atoms with Crippen molar-refractivity contribution < 1.29 is 19.7 Å². The average molecular weight is 348 g/mol. The molecule has 138 valence electrons. The smallest absolute Gasteiger partial charge is 0.303 e. The second-order valence-electron chi connectivity index (χ2n) is 7.40. The molecule has 6 heteroatoms. The highest BCUT2D eigenvalue weighted by atomic mass is 16.5. The lowest BCUT2D eigenvalue weighted by Crippen LogP contribution is -2.46. The SMILES string of the molecule is Cc1cc(CCC(=O)O)cc([C@@H]2CCCN2CC2(O)CCOCC2)n1. The van der Waals surface area contributed by atoms with Gasteiger partial charge in [0.05, 0.1) is 17.3 Å². The van der Waals surface area contributed by atoms with Crippen LogP contribution in [0, 0.1) is 6.92 Å². The van der Waals surface area contributed by atoms with Crippen LogP contribution in [-0.2, 0) is 16.0 Å². The van der Waals surface area contributed by atoms with Crippen molar-refractivity contribution in [1.82, 2.24) is 9.88 Å². The number of aryl methyl sites for hydroxylation is 2. The van der Waals surface area contributed by atoms with Crippen LogP contribution >= 0.6 is 0 Å². The molecule has 2 fully saturated rings. The van der Waals surface area contributed by atoms with E-state index in [9.17, 15) is 9.90 Å². The van der Waals surface area contributed by atoms with Crippen molar-refractivity contribution in [2.75, 3.05) is 26.3 Å². The van der Waals surface area contributed by atoms with Crippen LogP contribution in [-0.4, -0.2) is 58.0 Å². The van der Waals surface area contributed by atoms with E-state index in [1.807, 2.05) is 19.1 Å².